The highest BCUT2D eigenvalue weighted by Crippen LogP contribution is 2.26. The van der Waals surface area contributed by atoms with Crippen LogP contribution in [0.5, 0.6) is 0 Å². The van der Waals surface area contributed by atoms with Crippen molar-refractivity contribution in [3.63, 3.8) is 0 Å². The van der Waals surface area contributed by atoms with Gasteiger partial charge in [0.2, 0.25) is 0 Å². The molecule has 1 unspecified atom stereocenters. The van der Waals surface area contributed by atoms with Gasteiger partial charge in [-0.15, -0.1) is 0 Å². The summed E-state index contributed by atoms with van der Waals surface area (Å²) in [7, 11) is 0. The van der Waals surface area contributed by atoms with E-state index < -0.39 is 5.60 Å². The van der Waals surface area contributed by atoms with Crippen molar-refractivity contribution in [3.8, 4) is 0 Å². The first-order chi connectivity index (χ1) is 8.46. The molecule has 1 aliphatic rings. The van der Waals surface area contributed by atoms with Crippen LogP contribution in [0, 0.1) is 0 Å². The van der Waals surface area contributed by atoms with E-state index in [9.17, 15) is 4.79 Å². The summed E-state index contributed by atoms with van der Waals surface area (Å²) in [6.07, 6.45) is 5.39. The number of imidazole rings is 1. The molecule has 1 atom stereocenters. The second-order valence-corrected chi connectivity index (χ2v) is 5.77. The minimum Gasteiger partial charge on any atom is -0.444 e. The van der Waals surface area contributed by atoms with Crippen molar-refractivity contribution in [3.05, 3.63) is 18.2 Å². The van der Waals surface area contributed by atoms with Gasteiger partial charge in [-0.05, 0) is 33.6 Å². The van der Waals surface area contributed by atoms with Crippen LogP contribution in [0.25, 0.3) is 0 Å². The number of carbonyl (C=O) groups excluding carboxylic acids is 1. The summed E-state index contributed by atoms with van der Waals surface area (Å²) in [6, 6.07) is 0. The molecule has 100 valence electrons. The number of hydrogen-bond acceptors (Lipinski definition) is 3. The Kier molecular flexibility index (Phi) is 3.59. The molecule has 0 saturated carbocycles. The number of nitrogens with zero attached hydrogens (tertiary/aromatic N) is 2. The standard InChI is InChI=1S/C13H21N3O2/c1-13(2,3)18-12(17)16-6-4-5-10(8-16)11-7-14-9-15-11/h7,9-10H,4-6,8H2,1-3H3,(H,14,15). The van der Waals surface area contributed by atoms with E-state index in [2.05, 4.69) is 9.97 Å². The molecule has 1 N–H and O–H groups in total. The molecule has 1 aromatic heterocycles. The van der Waals surface area contributed by atoms with Crippen LogP contribution in [0.2, 0.25) is 0 Å². The minimum atomic E-state index is -0.433. The van der Waals surface area contributed by atoms with Crippen LogP contribution in [-0.4, -0.2) is 39.7 Å². The number of piperidine rings is 1. The van der Waals surface area contributed by atoms with Crippen molar-refractivity contribution >= 4 is 6.09 Å². The van der Waals surface area contributed by atoms with Gasteiger partial charge in [-0.3, -0.25) is 0 Å². The van der Waals surface area contributed by atoms with Crippen LogP contribution >= 0.6 is 0 Å². The van der Waals surface area contributed by atoms with E-state index in [1.165, 1.54) is 0 Å². The van der Waals surface area contributed by atoms with Gasteiger partial charge in [0.05, 0.1) is 6.33 Å². The third-order valence-electron chi connectivity index (χ3n) is 3.03. The van der Waals surface area contributed by atoms with Gasteiger partial charge in [-0.2, -0.15) is 0 Å². The predicted octanol–water partition coefficient (Wildman–Crippen LogP) is 2.52. The molecule has 2 heterocycles. The lowest BCUT2D eigenvalue weighted by molar-refractivity contribution is 0.0197. The maximum absolute atomic E-state index is 12.0. The fourth-order valence-corrected chi connectivity index (χ4v) is 2.21. The summed E-state index contributed by atoms with van der Waals surface area (Å²) in [5, 5.41) is 0. The Morgan fingerprint density at radius 3 is 2.94 bits per heavy atom. The first kappa shape index (κ1) is 12.9. The van der Waals surface area contributed by atoms with Crippen molar-refractivity contribution in [1.82, 2.24) is 14.9 Å². The quantitative estimate of drug-likeness (QED) is 0.834. The topological polar surface area (TPSA) is 58.2 Å². The summed E-state index contributed by atoms with van der Waals surface area (Å²) in [6.45, 7) is 7.15. The number of aromatic nitrogens is 2. The summed E-state index contributed by atoms with van der Waals surface area (Å²) in [5.41, 5.74) is 0.668. The first-order valence-corrected chi connectivity index (χ1v) is 6.42. The third kappa shape index (κ3) is 3.24. The number of amides is 1. The molecule has 5 nitrogen and oxygen atoms in total. The molecule has 1 fully saturated rings. The van der Waals surface area contributed by atoms with E-state index in [1.54, 1.807) is 11.2 Å². The lowest BCUT2D eigenvalue weighted by atomic mass is 9.95. The van der Waals surface area contributed by atoms with E-state index in [0.29, 0.717) is 12.5 Å². The lowest BCUT2D eigenvalue weighted by Crippen LogP contribution is -2.42. The van der Waals surface area contributed by atoms with Gasteiger partial charge < -0.3 is 14.6 Å². The molecule has 0 radical (unpaired) electrons. The monoisotopic (exact) mass is 251 g/mol. The van der Waals surface area contributed by atoms with E-state index in [-0.39, 0.29) is 6.09 Å². The maximum Gasteiger partial charge on any atom is 0.410 e. The number of ether oxygens (including phenoxy) is 1. The summed E-state index contributed by atoms with van der Waals surface area (Å²) in [4.78, 5) is 21.0. The summed E-state index contributed by atoms with van der Waals surface area (Å²) >= 11 is 0. The predicted molar refractivity (Wildman–Crippen MR) is 68.4 cm³/mol. The highest BCUT2D eigenvalue weighted by atomic mass is 16.6. The Bertz CT molecular complexity index is 395. The molecular weight excluding hydrogens is 230 g/mol. The van der Waals surface area contributed by atoms with Crippen molar-refractivity contribution in [2.24, 2.45) is 0 Å². The molecule has 1 aliphatic heterocycles. The molecule has 5 heteroatoms. The number of likely N-dealkylation sites (tertiary alicyclic amines) is 1. The lowest BCUT2D eigenvalue weighted by Gasteiger charge is -2.33. The van der Waals surface area contributed by atoms with E-state index in [1.807, 2.05) is 27.0 Å². The fourth-order valence-electron chi connectivity index (χ4n) is 2.21. The Morgan fingerprint density at radius 2 is 2.33 bits per heavy atom. The highest BCUT2D eigenvalue weighted by molar-refractivity contribution is 5.68. The molecule has 18 heavy (non-hydrogen) atoms. The van der Waals surface area contributed by atoms with Gasteiger partial charge in [-0.25, -0.2) is 9.78 Å². The molecule has 1 amide bonds. The molecule has 0 aliphatic carbocycles. The number of H-pyrrole nitrogens is 1. The number of hydrogen-bond donors (Lipinski definition) is 1. The second-order valence-electron chi connectivity index (χ2n) is 5.77. The van der Waals surface area contributed by atoms with Crippen molar-refractivity contribution < 1.29 is 9.53 Å². The molecule has 1 saturated heterocycles. The molecule has 1 aromatic rings. The molecule has 2 rings (SSSR count). The molecule has 0 bridgehead atoms. The Balaban J connectivity index is 1.96. The SMILES string of the molecule is CC(C)(C)OC(=O)N1CCCC(c2cnc[nH]2)C1. The van der Waals surface area contributed by atoms with Gasteiger partial charge in [0.1, 0.15) is 5.60 Å². The Labute approximate surface area is 108 Å². The van der Waals surface area contributed by atoms with Gasteiger partial charge in [0, 0.05) is 30.9 Å². The number of aromatic amines is 1. The zero-order valence-electron chi connectivity index (χ0n) is 11.3. The zero-order valence-corrected chi connectivity index (χ0v) is 11.3. The number of carbonyl (C=O) groups is 1. The van der Waals surface area contributed by atoms with E-state index >= 15 is 0 Å². The average molecular weight is 251 g/mol. The van der Waals surface area contributed by atoms with Crippen LogP contribution in [0.1, 0.15) is 45.2 Å². The van der Waals surface area contributed by atoms with Crippen molar-refractivity contribution in [1.29, 1.82) is 0 Å². The van der Waals surface area contributed by atoms with Crippen LogP contribution in [0.15, 0.2) is 12.5 Å². The van der Waals surface area contributed by atoms with Crippen LogP contribution in [-0.2, 0) is 4.74 Å². The number of nitrogens with one attached hydrogen (secondary N) is 1. The highest BCUT2D eigenvalue weighted by Gasteiger charge is 2.28. The van der Waals surface area contributed by atoms with Crippen LogP contribution in [0.3, 0.4) is 0 Å². The van der Waals surface area contributed by atoms with Crippen molar-refractivity contribution in [2.45, 2.75) is 45.1 Å². The van der Waals surface area contributed by atoms with Gasteiger partial charge >= 0.3 is 6.09 Å². The average Bonchev–Trinajstić information content (AvgIpc) is 2.80. The fraction of sp³-hybridized carbons (Fsp3) is 0.692. The zero-order chi connectivity index (χ0) is 13.2. The van der Waals surface area contributed by atoms with Gasteiger partial charge in [-0.1, -0.05) is 0 Å². The summed E-state index contributed by atoms with van der Waals surface area (Å²) in [5.74, 6) is 0.341. The van der Waals surface area contributed by atoms with Gasteiger partial charge in [0.15, 0.2) is 0 Å². The van der Waals surface area contributed by atoms with Crippen molar-refractivity contribution in [2.75, 3.05) is 13.1 Å². The van der Waals surface area contributed by atoms with Crippen LogP contribution < -0.4 is 0 Å². The third-order valence-corrected chi connectivity index (χ3v) is 3.03. The number of rotatable bonds is 1. The van der Waals surface area contributed by atoms with E-state index in [4.69, 9.17) is 4.74 Å². The van der Waals surface area contributed by atoms with Gasteiger partial charge in [0.25, 0.3) is 0 Å². The molecule has 0 spiro atoms. The largest absolute Gasteiger partial charge is 0.444 e. The Hall–Kier alpha value is -1.52. The van der Waals surface area contributed by atoms with Crippen LogP contribution in [0.4, 0.5) is 4.79 Å². The molecular formula is C13H21N3O2. The maximum atomic E-state index is 12.0. The first-order valence-electron chi connectivity index (χ1n) is 6.42. The molecule has 0 aromatic carbocycles. The smallest absolute Gasteiger partial charge is 0.410 e. The summed E-state index contributed by atoms with van der Waals surface area (Å²) < 4.78 is 5.40. The normalized spacial score (nSPS) is 20.8. The Morgan fingerprint density at radius 1 is 1.56 bits per heavy atom. The minimum absolute atomic E-state index is 0.216. The van der Waals surface area contributed by atoms with E-state index in [0.717, 1.165) is 25.1 Å². The second kappa shape index (κ2) is 5.00.